The van der Waals surface area contributed by atoms with E-state index in [4.69, 9.17) is 9.26 Å². The smallest absolute Gasteiger partial charge is 0.306 e. The van der Waals surface area contributed by atoms with Crippen molar-refractivity contribution in [2.75, 3.05) is 11.9 Å². The molecule has 0 radical (unpaired) electrons. The van der Waals surface area contributed by atoms with E-state index in [1.807, 2.05) is 13.8 Å². The average molecular weight is 537 g/mol. The minimum absolute atomic E-state index is 0.0358. The van der Waals surface area contributed by atoms with Crippen LogP contribution in [0.15, 0.2) is 83.4 Å². The number of carbonyl (C=O) groups excluding carboxylic acids is 1. The highest BCUT2D eigenvalue weighted by atomic mass is 16.5. The van der Waals surface area contributed by atoms with Crippen molar-refractivity contribution in [3.63, 3.8) is 0 Å². The Balaban J connectivity index is 1.28. The van der Waals surface area contributed by atoms with E-state index in [2.05, 4.69) is 110 Å². The van der Waals surface area contributed by atoms with Gasteiger partial charge in [0, 0.05) is 17.0 Å². The van der Waals surface area contributed by atoms with Crippen molar-refractivity contribution >= 4 is 11.7 Å². The first-order valence-electron chi connectivity index (χ1n) is 14.4. The zero-order chi connectivity index (χ0) is 28.3. The molecular formula is C35H40N2O3. The number of benzene rings is 3. The van der Waals surface area contributed by atoms with Crippen LogP contribution in [0.4, 0.5) is 5.69 Å². The topological polar surface area (TPSA) is 64.4 Å². The highest BCUT2D eigenvalue weighted by molar-refractivity contribution is 5.77. The minimum atomic E-state index is -0.106. The fraction of sp³-hybridized carbons (Fsp3) is 0.371. The molecule has 1 N–H and O–H groups in total. The molecule has 1 saturated carbocycles. The molecule has 0 saturated heterocycles. The summed E-state index contributed by atoms with van der Waals surface area (Å²) in [4.78, 5) is 12.1. The van der Waals surface area contributed by atoms with Crippen molar-refractivity contribution in [2.45, 2.75) is 77.2 Å². The van der Waals surface area contributed by atoms with Crippen LogP contribution in [0.2, 0.25) is 0 Å². The normalized spacial score (nSPS) is 14.9. The van der Waals surface area contributed by atoms with E-state index in [1.54, 1.807) is 0 Å². The van der Waals surface area contributed by atoms with Crippen LogP contribution in [0.5, 0.6) is 0 Å². The minimum Gasteiger partial charge on any atom is -0.466 e. The highest BCUT2D eigenvalue weighted by Gasteiger charge is 2.46. The molecule has 1 aliphatic carbocycles. The lowest BCUT2D eigenvalue weighted by Crippen LogP contribution is -2.28. The standard InChI is InChI=1S/C35H40N2O3/c1-6-39-31(38)23-35(20-21-35)30-18-16-27(17-19-30)26-12-14-28(15-13-26)33-32(25(3)37-40-33)36-24(2)22-34(4,5)29-10-8-7-9-11-29/h7-19,24,36H,6,20-23H2,1-5H3. The fourth-order valence-electron chi connectivity index (χ4n) is 5.84. The Labute approximate surface area is 237 Å². The number of ether oxygens (including phenoxy) is 1. The van der Waals surface area contributed by atoms with E-state index >= 15 is 0 Å². The van der Waals surface area contributed by atoms with E-state index < -0.39 is 0 Å². The van der Waals surface area contributed by atoms with Crippen molar-refractivity contribution in [3.8, 4) is 22.5 Å². The zero-order valence-electron chi connectivity index (χ0n) is 24.3. The second-order valence-corrected chi connectivity index (χ2v) is 11.9. The Bertz CT molecular complexity index is 1430. The van der Waals surface area contributed by atoms with E-state index in [1.165, 1.54) is 11.1 Å². The molecule has 1 atom stereocenters. The number of anilines is 1. The Morgan fingerprint density at radius 1 is 0.975 bits per heavy atom. The molecule has 3 aromatic carbocycles. The lowest BCUT2D eigenvalue weighted by atomic mass is 9.79. The number of nitrogens with zero attached hydrogens (tertiary/aromatic N) is 1. The van der Waals surface area contributed by atoms with Crippen LogP contribution >= 0.6 is 0 Å². The van der Waals surface area contributed by atoms with Gasteiger partial charge in [-0.05, 0) is 67.7 Å². The van der Waals surface area contributed by atoms with Gasteiger partial charge in [0.1, 0.15) is 11.4 Å². The molecule has 0 aliphatic heterocycles. The summed E-state index contributed by atoms with van der Waals surface area (Å²) in [5.41, 5.74) is 7.62. The highest BCUT2D eigenvalue weighted by Crippen LogP contribution is 2.51. The summed E-state index contributed by atoms with van der Waals surface area (Å²) in [6, 6.07) is 28.0. The van der Waals surface area contributed by atoms with Crippen molar-refractivity contribution in [3.05, 3.63) is 95.7 Å². The Morgan fingerprint density at radius 3 is 2.17 bits per heavy atom. The van der Waals surface area contributed by atoms with Crippen LogP contribution in [-0.4, -0.2) is 23.8 Å². The summed E-state index contributed by atoms with van der Waals surface area (Å²) < 4.78 is 11.0. The maximum atomic E-state index is 12.1. The number of hydrogen-bond acceptors (Lipinski definition) is 5. The lowest BCUT2D eigenvalue weighted by Gasteiger charge is -2.29. The van der Waals surface area contributed by atoms with Gasteiger partial charge in [-0.25, -0.2) is 0 Å². The molecular weight excluding hydrogens is 496 g/mol. The SMILES string of the molecule is CCOC(=O)CC1(c2ccc(-c3ccc(-c4onc(C)c4NC(C)CC(C)(C)c4ccccc4)cc3)cc2)CC1. The molecule has 1 aromatic heterocycles. The molecule has 1 heterocycles. The maximum Gasteiger partial charge on any atom is 0.306 e. The Kier molecular flexibility index (Phi) is 7.84. The van der Waals surface area contributed by atoms with Crippen molar-refractivity contribution in [1.82, 2.24) is 5.16 Å². The second-order valence-electron chi connectivity index (χ2n) is 11.9. The van der Waals surface area contributed by atoms with Gasteiger partial charge in [0.15, 0.2) is 5.76 Å². The predicted molar refractivity (Wildman–Crippen MR) is 161 cm³/mol. The molecule has 0 bridgehead atoms. The van der Waals surface area contributed by atoms with E-state index in [9.17, 15) is 4.79 Å². The molecule has 5 rings (SSSR count). The van der Waals surface area contributed by atoms with Crippen LogP contribution in [0.25, 0.3) is 22.5 Å². The third-order valence-corrected chi connectivity index (χ3v) is 8.24. The molecule has 5 heteroatoms. The first-order valence-corrected chi connectivity index (χ1v) is 14.4. The monoisotopic (exact) mass is 536 g/mol. The number of hydrogen-bond donors (Lipinski definition) is 1. The second kappa shape index (κ2) is 11.3. The number of aryl methyl sites for hydroxylation is 1. The van der Waals surface area contributed by atoms with Crippen LogP contribution < -0.4 is 5.32 Å². The number of rotatable bonds is 11. The van der Waals surface area contributed by atoms with Gasteiger partial charge in [-0.1, -0.05) is 97.9 Å². The zero-order valence-corrected chi connectivity index (χ0v) is 24.3. The molecule has 0 spiro atoms. The van der Waals surface area contributed by atoms with Crippen molar-refractivity contribution < 1.29 is 14.1 Å². The largest absolute Gasteiger partial charge is 0.466 e. The van der Waals surface area contributed by atoms with Crippen LogP contribution in [0, 0.1) is 6.92 Å². The summed E-state index contributed by atoms with van der Waals surface area (Å²) >= 11 is 0. The van der Waals surface area contributed by atoms with Crippen molar-refractivity contribution in [1.29, 1.82) is 0 Å². The first kappa shape index (κ1) is 27.7. The Morgan fingerprint density at radius 2 is 1.57 bits per heavy atom. The first-order chi connectivity index (χ1) is 19.2. The molecule has 1 aliphatic rings. The Hall–Kier alpha value is -3.86. The summed E-state index contributed by atoms with van der Waals surface area (Å²) in [6.45, 7) is 11.1. The van der Waals surface area contributed by atoms with Crippen LogP contribution in [-0.2, 0) is 20.4 Å². The quantitative estimate of drug-likeness (QED) is 0.195. The van der Waals surface area contributed by atoms with Gasteiger partial charge in [0.2, 0.25) is 0 Å². The number of nitrogens with one attached hydrogen (secondary N) is 1. The lowest BCUT2D eigenvalue weighted by molar-refractivity contribution is -0.143. The van der Waals surface area contributed by atoms with E-state index in [0.717, 1.165) is 53.1 Å². The van der Waals surface area contributed by atoms with Gasteiger partial charge in [-0.15, -0.1) is 0 Å². The van der Waals surface area contributed by atoms with Gasteiger partial charge < -0.3 is 14.6 Å². The molecule has 1 fully saturated rings. The van der Waals surface area contributed by atoms with Crippen molar-refractivity contribution in [2.24, 2.45) is 0 Å². The summed E-state index contributed by atoms with van der Waals surface area (Å²) in [6.07, 6.45) is 3.51. The molecule has 5 nitrogen and oxygen atoms in total. The average Bonchev–Trinajstić information content (AvgIpc) is 3.64. The van der Waals surface area contributed by atoms with E-state index in [-0.39, 0.29) is 22.8 Å². The third kappa shape index (κ3) is 5.99. The fourth-order valence-corrected chi connectivity index (χ4v) is 5.84. The van der Waals surface area contributed by atoms with Gasteiger partial charge >= 0.3 is 5.97 Å². The molecule has 208 valence electrons. The van der Waals surface area contributed by atoms with Gasteiger partial charge in [0.05, 0.1) is 13.0 Å². The molecule has 40 heavy (non-hydrogen) atoms. The van der Waals surface area contributed by atoms with Crippen LogP contribution in [0.1, 0.15) is 70.2 Å². The third-order valence-electron chi connectivity index (χ3n) is 8.24. The predicted octanol–water partition coefficient (Wildman–Crippen LogP) is 8.47. The van der Waals surface area contributed by atoms with Gasteiger partial charge in [-0.2, -0.15) is 0 Å². The summed E-state index contributed by atoms with van der Waals surface area (Å²) in [5.74, 6) is 0.656. The maximum absolute atomic E-state index is 12.1. The molecule has 4 aromatic rings. The van der Waals surface area contributed by atoms with Crippen LogP contribution in [0.3, 0.4) is 0 Å². The summed E-state index contributed by atoms with van der Waals surface area (Å²) in [7, 11) is 0. The summed E-state index contributed by atoms with van der Waals surface area (Å²) in [5, 5.41) is 7.97. The van der Waals surface area contributed by atoms with E-state index in [0.29, 0.717) is 13.0 Å². The van der Waals surface area contributed by atoms with Gasteiger partial charge in [0.25, 0.3) is 0 Å². The number of aromatic nitrogens is 1. The van der Waals surface area contributed by atoms with Gasteiger partial charge in [-0.3, -0.25) is 4.79 Å². The number of carbonyl (C=O) groups is 1. The molecule has 0 amide bonds. The number of esters is 1. The molecule has 1 unspecified atom stereocenters.